The summed E-state index contributed by atoms with van der Waals surface area (Å²) in [5.41, 5.74) is 0.925. The zero-order valence-electron chi connectivity index (χ0n) is 22.5. The second kappa shape index (κ2) is 10.8. The van der Waals surface area contributed by atoms with Crippen LogP contribution in [-0.2, 0) is 42.6 Å². The fourth-order valence-corrected chi connectivity index (χ4v) is 5.85. The Hall–Kier alpha value is -1.30. The molecule has 1 aliphatic heterocycles. The molecule has 1 saturated heterocycles. The molecular weight excluding hydrogens is 575 g/mol. The fraction of sp³-hybridized carbons (Fsp3) is 0.700. The van der Waals surface area contributed by atoms with Crippen molar-refractivity contribution in [2.75, 3.05) is 28.2 Å². The van der Waals surface area contributed by atoms with Crippen molar-refractivity contribution in [1.29, 1.82) is 0 Å². The molecule has 3 heterocycles. The molecule has 0 saturated carbocycles. The van der Waals surface area contributed by atoms with E-state index in [-0.39, 0.29) is 0 Å². The number of hydrogen-bond donors (Lipinski definition) is 0. The Kier molecular flexibility index (Phi) is 9.30. The van der Waals surface area contributed by atoms with Gasteiger partial charge < -0.3 is 9.31 Å². The standard InChI is InChI=1S/C13H24BN3O4S.C7H12BrN3O2S/c1-8-11-10(9-15-17(11)22(18,19)16(6)7)14-20-12(2,3)13(4,5)21-14;1-4-7-6(8)5-9-11(7)14(12,13)10(2)3/h9H,8H2,1-7H3;5H,4H2,1-3H3. The van der Waals surface area contributed by atoms with Crippen LogP contribution in [0.2, 0.25) is 0 Å². The third-order valence-electron chi connectivity index (χ3n) is 6.19. The van der Waals surface area contributed by atoms with E-state index in [9.17, 15) is 16.8 Å². The molecule has 0 N–H and O–H groups in total. The molecule has 12 nitrogen and oxygen atoms in total. The van der Waals surface area contributed by atoms with Gasteiger partial charge >= 0.3 is 27.5 Å². The summed E-state index contributed by atoms with van der Waals surface area (Å²) < 4.78 is 65.2. The summed E-state index contributed by atoms with van der Waals surface area (Å²) in [4.78, 5) is 0. The molecule has 36 heavy (non-hydrogen) atoms. The van der Waals surface area contributed by atoms with E-state index in [0.29, 0.717) is 34.2 Å². The first-order valence-corrected chi connectivity index (χ1v) is 14.9. The van der Waals surface area contributed by atoms with Gasteiger partial charge in [-0.1, -0.05) is 13.8 Å². The average molecular weight is 611 g/mol. The van der Waals surface area contributed by atoms with Crippen LogP contribution in [0.3, 0.4) is 0 Å². The first-order chi connectivity index (χ1) is 16.3. The molecule has 1 aliphatic rings. The zero-order valence-corrected chi connectivity index (χ0v) is 25.7. The van der Waals surface area contributed by atoms with Gasteiger partial charge in [0.1, 0.15) is 0 Å². The molecule has 3 rings (SSSR count). The van der Waals surface area contributed by atoms with Crippen molar-refractivity contribution in [2.45, 2.75) is 65.6 Å². The number of hydrogen-bond acceptors (Lipinski definition) is 8. The summed E-state index contributed by atoms with van der Waals surface area (Å²) in [7, 11) is -1.86. The number of halogens is 1. The summed E-state index contributed by atoms with van der Waals surface area (Å²) in [6.07, 6.45) is 4.11. The lowest BCUT2D eigenvalue weighted by Crippen LogP contribution is -2.41. The Labute approximate surface area is 223 Å². The molecule has 0 unspecified atom stereocenters. The SMILES string of the molecule is CCc1c(B2OC(C)(C)C(C)(C)O2)cnn1S(=O)(=O)N(C)C.CCc1c(Br)cnn1S(=O)(=O)N(C)C. The Bertz CT molecular complexity index is 1270. The minimum atomic E-state index is -3.66. The van der Waals surface area contributed by atoms with Crippen LogP contribution in [0.5, 0.6) is 0 Å². The maximum Gasteiger partial charge on any atom is 0.498 e. The van der Waals surface area contributed by atoms with Crippen LogP contribution >= 0.6 is 15.9 Å². The van der Waals surface area contributed by atoms with Crippen molar-refractivity contribution in [1.82, 2.24) is 27.0 Å². The van der Waals surface area contributed by atoms with E-state index < -0.39 is 38.7 Å². The lowest BCUT2D eigenvalue weighted by atomic mass is 9.79. The predicted octanol–water partition coefficient (Wildman–Crippen LogP) is 1.26. The summed E-state index contributed by atoms with van der Waals surface area (Å²) >= 11 is 3.25. The maximum atomic E-state index is 12.3. The average Bonchev–Trinajstić information content (AvgIpc) is 3.41. The highest BCUT2D eigenvalue weighted by Crippen LogP contribution is 2.36. The van der Waals surface area contributed by atoms with Gasteiger partial charge in [-0.15, -0.1) is 8.17 Å². The maximum absolute atomic E-state index is 12.3. The van der Waals surface area contributed by atoms with Gasteiger partial charge in [-0.05, 0) is 56.5 Å². The van der Waals surface area contributed by atoms with Gasteiger partial charge in [-0.2, -0.15) is 35.6 Å². The minimum absolute atomic E-state index is 0.481. The van der Waals surface area contributed by atoms with E-state index in [1.165, 1.54) is 40.6 Å². The molecule has 16 heteroatoms. The highest BCUT2D eigenvalue weighted by molar-refractivity contribution is 9.10. The molecule has 0 amide bonds. The Morgan fingerprint density at radius 1 is 0.833 bits per heavy atom. The van der Waals surface area contributed by atoms with Crippen molar-refractivity contribution in [3.63, 3.8) is 0 Å². The molecule has 0 aromatic carbocycles. The summed E-state index contributed by atoms with van der Waals surface area (Å²) in [5, 5.41) is 7.87. The van der Waals surface area contributed by atoms with Crippen molar-refractivity contribution < 1.29 is 26.1 Å². The summed E-state index contributed by atoms with van der Waals surface area (Å²) in [6.45, 7) is 11.6. The van der Waals surface area contributed by atoms with Gasteiger partial charge in [0.2, 0.25) is 0 Å². The highest BCUT2D eigenvalue weighted by Gasteiger charge is 2.53. The van der Waals surface area contributed by atoms with Crippen LogP contribution < -0.4 is 5.46 Å². The second-order valence-corrected chi connectivity index (χ2v) is 14.3. The summed E-state index contributed by atoms with van der Waals surface area (Å²) in [5.74, 6) is 0. The van der Waals surface area contributed by atoms with Crippen LogP contribution in [0.4, 0.5) is 0 Å². The van der Waals surface area contributed by atoms with Gasteiger partial charge in [0.15, 0.2) is 0 Å². The first-order valence-electron chi connectivity index (χ1n) is 11.4. The van der Waals surface area contributed by atoms with E-state index in [4.69, 9.17) is 9.31 Å². The molecular formula is C20H36BBrN6O6S2. The number of aromatic nitrogens is 4. The molecule has 0 spiro atoms. The molecule has 0 aliphatic carbocycles. The molecule has 0 bridgehead atoms. The molecule has 1 fully saturated rings. The van der Waals surface area contributed by atoms with Crippen molar-refractivity contribution in [2.24, 2.45) is 0 Å². The lowest BCUT2D eigenvalue weighted by Gasteiger charge is -2.32. The van der Waals surface area contributed by atoms with E-state index in [1.807, 2.05) is 41.5 Å². The van der Waals surface area contributed by atoms with Crippen LogP contribution in [-0.4, -0.2) is 90.3 Å². The van der Waals surface area contributed by atoms with Crippen molar-refractivity contribution in [3.05, 3.63) is 28.3 Å². The number of nitrogens with zero attached hydrogens (tertiary/aromatic N) is 6. The lowest BCUT2D eigenvalue weighted by molar-refractivity contribution is 0.00578. The molecule has 2 aromatic heterocycles. The highest BCUT2D eigenvalue weighted by atomic mass is 79.9. The van der Waals surface area contributed by atoms with E-state index in [2.05, 4.69) is 26.1 Å². The van der Waals surface area contributed by atoms with E-state index in [1.54, 1.807) is 0 Å². The monoisotopic (exact) mass is 610 g/mol. The number of rotatable bonds is 7. The molecule has 2 aromatic rings. The normalized spacial score (nSPS) is 17.5. The Morgan fingerprint density at radius 2 is 1.22 bits per heavy atom. The largest absolute Gasteiger partial charge is 0.498 e. The first kappa shape index (κ1) is 30.9. The van der Waals surface area contributed by atoms with Gasteiger partial charge in [0.05, 0.1) is 39.5 Å². The van der Waals surface area contributed by atoms with Crippen LogP contribution in [0.1, 0.15) is 52.9 Å². The molecule has 0 radical (unpaired) electrons. The third kappa shape index (κ3) is 5.74. The minimum Gasteiger partial charge on any atom is -0.399 e. The van der Waals surface area contributed by atoms with Crippen LogP contribution in [0, 0.1) is 0 Å². The Morgan fingerprint density at radius 3 is 1.61 bits per heavy atom. The van der Waals surface area contributed by atoms with E-state index in [0.717, 1.165) is 16.8 Å². The fourth-order valence-electron chi connectivity index (χ4n) is 3.23. The van der Waals surface area contributed by atoms with Crippen LogP contribution in [0.15, 0.2) is 16.9 Å². The van der Waals surface area contributed by atoms with Gasteiger partial charge in [0, 0.05) is 33.7 Å². The topological polar surface area (TPSA) is 129 Å². The molecule has 0 atom stereocenters. The smallest absolute Gasteiger partial charge is 0.399 e. The van der Waals surface area contributed by atoms with Gasteiger partial charge in [0.25, 0.3) is 0 Å². The van der Waals surface area contributed by atoms with E-state index >= 15 is 0 Å². The van der Waals surface area contributed by atoms with Crippen molar-refractivity contribution >= 4 is 48.9 Å². The van der Waals surface area contributed by atoms with Crippen LogP contribution in [0.25, 0.3) is 0 Å². The van der Waals surface area contributed by atoms with Gasteiger partial charge in [-0.3, -0.25) is 0 Å². The third-order valence-corrected chi connectivity index (χ3v) is 10.2. The molecule has 204 valence electrons. The predicted molar refractivity (Wildman–Crippen MR) is 143 cm³/mol. The Balaban J connectivity index is 0.000000281. The summed E-state index contributed by atoms with van der Waals surface area (Å²) in [6, 6.07) is 0. The van der Waals surface area contributed by atoms with Gasteiger partial charge in [-0.25, -0.2) is 0 Å². The quantitative estimate of drug-likeness (QED) is 0.429. The second-order valence-electron chi connectivity index (χ2n) is 9.55. The van der Waals surface area contributed by atoms with Crippen molar-refractivity contribution in [3.8, 4) is 0 Å². The zero-order chi connectivity index (χ0) is 27.9.